The zero-order valence-corrected chi connectivity index (χ0v) is 21.4. The van der Waals surface area contributed by atoms with Crippen molar-refractivity contribution in [3.63, 3.8) is 0 Å². The van der Waals surface area contributed by atoms with Crippen LogP contribution in [0.1, 0.15) is 59.1 Å². The standard InChI is InChI=1S/C27H27FN6O2S/c1-16(2)30-25(35)21-15-37-26(31-21)22-23(17-5-7-20(28)8-6-17)32-33-24(22)18-9-12-34(13-10-18)27(36)19-4-3-11-29-14-19/h3-8,11,14-16,18H,9-10,12-13H2,1-2H3,(H,30,35)(H,32,33). The monoisotopic (exact) mass is 518 g/mol. The maximum atomic E-state index is 13.6. The first-order valence-corrected chi connectivity index (χ1v) is 13.1. The SMILES string of the molecule is CC(C)NC(=O)c1csc(-c2c(-c3ccc(F)cc3)n[nH]c2C2CCN(C(=O)c3cccnc3)CC2)n1. The molecule has 1 aromatic carbocycles. The van der Waals surface area contributed by atoms with Crippen LogP contribution in [0, 0.1) is 5.82 Å². The second kappa shape index (κ2) is 10.6. The van der Waals surface area contributed by atoms with E-state index in [0.717, 1.165) is 29.7 Å². The molecule has 0 aliphatic carbocycles. The average molecular weight is 519 g/mol. The van der Waals surface area contributed by atoms with Gasteiger partial charge in [-0.25, -0.2) is 9.37 Å². The Hall–Kier alpha value is -3.92. The first kappa shape index (κ1) is 24.8. The molecule has 0 radical (unpaired) electrons. The molecule has 8 nitrogen and oxygen atoms in total. The van der Waals surface area contributed by atoms with Crippen molar-refractivity contribution in [1.82, 2.24) is 30.4 Å². The van der Waals surface area contributed by atoms with Gasteiger partial charge in [-0.3, -0.25) is 19.7 Å². The number of carbonyl (C=O) groups excluding carboxylic acids is 2. The molecule has 0 unspecified atom stereocenters. The predicted octanol–water partition coefficient (Wildman–Crippen LogP) is 4.89. The Kier molecular flexibility index (Phi) is 7.09. The summed E-state index contributed by atoms with van der Waals surface area (Å²) in [5.74, 6) is -0.461. The third kappa shape index (κ3) is 5.29. The Morgan fingerprint density at radius 3 is 2.59 bits per heavy atom. The van der Waals surface area contributed by atoms with Crippen molar-refractivity contribution in [2.75, 3.05) is 13.1 Å². The van der Waals surface area contributed by atoms with Gasteiger partial charge in [0.25, 0.3) is 11.8 Å². The van der Waals surface area contributed by atoms with Gasteiger partial charge < -0.3 is 10.2 Å². The van der Waals surface area contributed by atoms with Crippen LogP contribution in [0.3, 0.4) is 0 Å². The molecule has 4 aromatic rings. The quantitative estimate of drug-likeness (QED) is 0.378. The minimum absolute atomic E-state index is 0.00326. The van der Waals surface area contributed by atoms with Crippen molar-refractivity contribution < 1.29 is 14.0 Å². The number of hydrogen-bond donors (Lipinski definition) is 2. The molecule has 1 saturated heterocycles. The molecule has 1 fully saturated rings. The van der Waals surface area contributed by atoms with Crippen molar-refractivity contribution in [2.24, 2.45) is 0 Å². The van der Waals surface area contributed by atoms with Gasteiger partial charge in [0.05, 0.1) is 11.1 Å². The summed E-state index contributed by atoms with van der Waals surface area (Å²) in [4.78, 5) is 36.0. The van der Waals surface area contributed by atoms with E-state index in [1.807, 2.05) is 18.7 Å². The van der Waals surface area contributed by atoms with Crippen LogP contribution in [0.15, 0.2) is 54.2 Å². The van der Waals surface area contributed by atoms with E-state index >= 15 is 0 Å². The van der Waals surface area contributed by atoms with Gasteiger partial charge in [0.2, 0.25) is 0 Å². The lowest BCUT2D eigenvalue weighted by atomic mass is 9.89. The summed E-state index contributed by atoms with van der Waals surface area (Å²) in [6.07, 6.45) is 4.73. The second-order valence-corrected chi connectivity index (χ2v) is 10.2. The maximum absolute atomic E-state index is 13.6. The van der Waals surface area contributed by atoms with Crippen molar-refractivity contribution in [1.29, 1.82) is 0 Å². The predicted molar refractivity (Wildman–Crippen MR) is 140 cm³/mol. The summed E-state index contributed by atoms with van der Waals surface area (Å²) in [5.41, 5.74) is 4.08. The van der Waals surface area contributed by atoms with Crippen LogP contribution in [0.2, 0.25) is 0 Å². The lowest BCUT2D eigenvalue weighted by Crippen LogP contribution is -2.38. The van der Waals surface area contributed by atoms with E-state index in [-0.39, 0.29) is 29.6 Å². The van der Waals surface area contributed by atoms with E-state index in [2.05, 4.69) is 25.5 Å². The number of H-pyrrole nitrogens is 1. The van der Waals surface area contributed by atoms with E-state index in [4.69, 9.17) is 0 Å². The van der Waals surface area contributed by atoms with Gasteiger partial charge in [0, 0.05) is 54.1 Å². The molecule has 4 heterocycles. The molecule has 0 atom stereocenters. The van der Waals surface area contributed by atoms with Crippen LogP contribution in [0.25, 0.3) is 21.8 Å². The van der Waals surface area contributed by atoms with E-state index in [1.54, 1.807) is 42.0 Å². The van der Waals surface area contributed by atoms with Gasteiger partial charge in [-0.05, 0) is 63.1 Å². The highest BCUT2D eigenvalue weighted by Crippen LogP contribution is 2.41. The van der Waals surface area contributed by atoms with Crippen LogP contribution < -0.4 is 5.32 Å². The molecule has 0 bridgehead atoms. The summed E-state index contributed by atoms with van der Waals surface area (Å²) in [6, 6.07) is 9.72. The molecular weight excluding hydrogens is 491 g/mol. The zero-order valence-electron chi connectivity index (χ0n) is 20.6. The summed E-state index contributed by atoms with van der Waals surface area (Å²) < 4.78 is 13.6. The Labute approximate surface area is 218 Å². The lowest BCUT2D eigenvalue weighted by molar-refractivity contribution is 0.0711. The number of nitrogens with zero attached hydrogens (tertiary/aromatic N) is 4. The van der Waals surface area contributed by atoms with Crippen molar-refractivity contribution in [3.05, 3.63) is 76.9 Å². The van der Waals surface area contributed by atoms with Crippen LogP contribution in [-0.2, 0) is 0 Å². The normalized spacial score (nSPS) is 14.2. The molecule has 3 aromatic heterocycles. The lowest BCUT2D eigenvalue weighted by Gasteiger charge is -2.32. The summed E-state index contributed by atoms with van der Waals surface area (Å²) in [7, 11) is 0. The molecule has 37 heavy (non-hydrogen) atoms. The number of aromatic nitrogens is 4. The van der Waals surface area contributed by atoms with Crippen LogP contribution in [0.5, 0.6) is 0 Å². The van der Waals surface area contributed by atoms with E-state index in [0.29, 0.717) is 35.0 Å². The number of hydrogen-bond acceptors (Lipinski definition) is 6. The zero-order chi connectivity index (χ0) is 25.9. The minimum atomic E-state index is -0.325. The fraction of sp³-hybridized carbons (Fsp3) is 0.296. The molecule has 0 saturated carbocycles. The fourth-order valence-electron chi connectivity index (χ4n) is 4.56. The highest BCUT2D eigenvalue weighted by Gasteiger charge is 2.30. The molecular formula is C27H27FN6O2S. The number of piperidine rings is 1. The van der Waals surface area contributed by atoms with Crippen LogP contribution >= 0.6 is 11.3 Å². The first-order chi connectivity index (χ1) is 17.9. The molecule has 0 spiro atoms. The van der Waals surface area contributed by atoms with E-state index < -0.39 is 0 Å². The Morgan fingerprint density at radius 2 is 1.92 bits per heavy atom. The largest absolute Gasteiger partial charge is 0.349 e. The number of rotatable bonds is 6. The number of aromatic amines is 1. The molecule has 10 heteroatoms. The Bertz CT molecular complexity index is 1390. The van der Waals surface area contributed by atoms with Crippen LogP contribution in [-0.4, -0.2) is 56.0 Å². The first-order valence-electron chi connectivity index (χ1n) is 12.2. The summed E-state index contributed by atoms with van der Waals surface area (Å²) >= 11 is 1.38. The number of halogens is 1. The minimum Gasteiger partial charge on any atom is -0.349 e. The molecule has 1 aliphatic rings. The molecule has 1 aliphatic heterocycles. The van der Waals surface area contributed by atoms with Gasteiger partial charge in [-0.15, -0.1) is 11.3 Å². The average Bonchev–Trinajstić information content (AvgIpc) is 3.57. The Morgan fingerprint density at radius 1 is 1.16 bits per heavy atom. The van der Waals surface area contributed by atoms with Gasteiger partial charge in [0.1, 0.15) is 22.2 Å². The Balaban J connectivity index is 1.44. The highest BCUT2D eigenvalue weighted by atomic mass is 32.1. The van der Waals surface area contributed by atoms with E-state index in [1.165, 1.54) is 23.5 Å². The maximum Gasteiger partial charge on any atom is 0.270 e. The number of thiazole rings is 1. The van der Waals surface area contributed by atoms with Gasteiger partial charge in [0.15, 0.2) is 0 Å². The van der Waals surface area contributed by atoms with Gasteiger partial charge in [-0.1, -0.05) is 0 Å². The fourth-order valence-corrected chi connectivity index (χ4v) is 5.41. The van der Waals surface area contributed by atoms with Gasteiger partial charge in [-0.2, -0.15) is 5.10 Å². The molecule has 5 rings (SSSR count). The topological polar surface area (TPSA) is 104 Å². The number of pyridine rings is 1. The number of likely N-dealkylation sites (tertiary alicyclic amines) is 1. The summed E-state index contributed by atoms with van der Waals surface area (Å²) in [5, 5.41) is 13.1. The smallest absolute Gasteiger partial charge is 0.270 e. The third-order valence-electron chi connectivity index (χ3n) is 6.38. The molecule has 2 N–H and O–H groups in total. The highest BCUT2D eigenvalue weighted by molar-refractivity contribution is 7.13. The number of carbonyl (C=O) groups is 2. The third-order valence-corrected chi connectivity index (χ3v) is 7.24. The van der Waals surface area contributed by atoms with Crippen LogP contribution in [0.4, 0.5) is 4.39 Å². The second-order valence-electron chi connectivity index (χ2n) is 9.34. The van der Waals surface area contributed by atoms with Gasteiger partial charge >= 0.3 is 0 Å². The van der Waals surface area contributed by atoms with Crippen molar-refractivity contribution in [2.45, 2.75) is 38.6 Å². The number of nitrogens with one attached hydrogen (secondary N) is 2. The number of amides is 2. The van der Waals surface area contributed by atoms with Crippen molar-refractivity contribution >= 4 is 23.2 Å². The number of benzene rings is 1. The summed E-state index contributed by atoms with van der Waals surface area (Å²) in [6.45, 7) is 5.00. The van der Waals surface area contributed by atoms with E-state index in [9.17, 15) is 14.0 Å². The molecule has 2 amide bonds. The van der Waals surface area contributed by atoms with Crippen molar-refractivity contribution in [3.8, 4) is 21.8 Å². The molecule has 190 valence electrons.